The van der Waals surface area contributed by atoms with E-state index in [1.54, 1.807) is 32.4 Å². The number of rotatable bonds is 5. The van der Waals surface area contributed by atoms with E-state index in [0.29, 0.717) is 30.6 Å². The first-order valence-electron chi connectivity index (χ1n) is 13.7. The second-order valence-electron chi connectivity index (χ2n) is 11.3. The number of hydrogen-bond donors (Lipinski definition) is 1. The summed E-state index contributed by atoms with van der Waals surface area (Å²) < 4.78 is 22.3. The summed E-state index contributed by atoms with van der Waals surface area (Å²) in [6.07, 6.45) is 7.08. The summed E-state index contributed by atoms with van der Waals surface area (Å²) >= 11 is 0. The summed E-state index contributed by atoms with van der Waals surface area (Å²) in [5.74, 6) is 0.598. The summed E-state index contributed by atoms with van der Waals surface area (Å²) in [7, 11) is 0. The fraction of sp³-hybridized carbons (Fsp3) is 0.290. The number of likely N-dealkylation sites (tertiary alicyclic amines) is 1. The number of carbonyl (C=O) groups is 1. The van der Waals surface area contributed by atoms with E-state index in [9.17, 15) is 9.18 Å². The van der Waals surface area contributed by atoms with Crippen LogP contribution in [0.5, 0.6) is 0 Å². The van der Waals surface area contributed by atoms with Gasteiger partial charge in [-0.1, -0.05) is 12.1 Å². The number of aromatic nitrogens is 5. The Morgan fingerprint density at radius 2 is 1.76 bits per heavy atom. The van der Waals surface area contributed by atoms with Crippen LogP contribution in [0.2, 0.25) is 0 Å². The van der Waals surface area contributed by atoms with Gasteiger partial charge in [-0.15, -0.1) is 5.10 Å². The number of piperidine rings is 1. The van der Waals surface area contributed by atoms with Crippen LogP contribution in [-0.2, 0) is 4.74 Å². The van der Waals surface area contributed by atoms with E-state index >= 15 is 0 Å². The highest BCUT2D eigenvalue weighted by molar-refractivity contribution is 5.77. The molecule has 0 bridgehead atoms. The van der Waals surface area contributed by atoms with Crippen LogP contribution in [-0.4, -0.2) is 54.1 Å². The van der Waals surface area contributed by atoms with Crippen LogP contribution in [0, 0.1) is 5.82 Å². The first kappa shape index (κ1) is 26.5. The number of halogens is 1. The van der Waals surface area contributed by atoms with Gasteiger partial charge in [0.05, 0.1) is 11.9 Å². The maximum absolute atomic E-state index is 13.3. The van der Waals surface area contributed by atoms with Gasteiger partial charge in [-0.25, -0.2) is 18.4 Å². The van der Waals surface area contributed by atoms with Crippen LogP contribution in [0.15, 0.2) is 79.3 Å². The van der Waals surface area contributed by atoms with Crippen molar-refractivity contribution >= 4 is 23.4 Å². The van der Waals surface area contributed by atoms with Crippen molar-refractivity contribution in [2.45, 2.75) is 45.1 Å². The van der Waals surface area contributed by atoms with E-state index in [-0.39, 0.29) is 11.9 Å². The maximum Gasteiger partial charge on any atom is 0.410 e. The van der Waals surface area contributed by atoms with Gasteiger partial charge >= 0.3 is 6.09 Å². The SMILES string of the molecule is CC(C)(C)OC(=O)N1CCC(c2ccc(Nc3nc4c(-c5cnn(-c6ccc(F)cc6)c5)cccn4n3)cc2)CC1. The van der Waals surface area contributed by atoms with Crippen LogP contribution < -0.4 is 5.32 Å². The molecule has 0 aliphatic carbocycles. The number of amides is 1. The quantitative estimate of drug-likeness (QED) is 0.265. The van der Waals surface area contributed by atoms with Crippen molar-refractivity contribution in [2.75, 3.05) is 18.4 Å². The Kier molecular flexibility index (Phi) is 6.90. The number of fused-ring (bicyclic) bond motifs is 1. The summed E-state index contributed by atoms with van der Waals surface area (Å²) in [6.45, 7) is 7.05. The molecule has 6 rings (SSSR count). The molecule has 1 saturated heterocycles. The Bertz CT molecular complexity index is 1660. The van der Waals surface area contributed by atoms with Crippen LogP contribution in [0.4, 0.5) is 20.8 Å². The monoisotopic (exact) mass is 553 g/mol. The highest BCUT2D eigenvalue weighted by Crippen LogP contribution is 2.30. The maximum atomic E-state index is 13.3. The zero-order valence-electron chi connectivity index (χ0n) is 23.3. The average molecular weight is 554 g/mol. The van der Waals surface area contributed by atoms with Crippen LogP contribution >= 0.6 is 0 Å². The molecule has 1 N–H and O–H groups in total. The van der Waals surface area contributed by atoms with Crippen molar-refractivity contribution in [2.24, 2.45) is 0 Å². The molecule has 0 saturated carbocycles. The number of benzene rings is 2. The van der Waals surface area contributed by atoms with Gasteiger partial charge in [-0.3, -0.25) is 0 Å². The zero-order chi connectivity index (χ0) is 28.6. The smallest absolute Gasteiger partial charge is 0.410 e. The molecule has 1 fully saturated rings. The van der Waals surface area contributed by atoms with Crippen molar-refractivity contribution in [1.82, 2.24) is 29.3 Å². The number of hydrogen-bond acceptors (Lipinski definition) is 6. The Labute approximate surface area is 237 Å². The molecule has 0 atom stereocenters. The molecule has 1 amide bonds. The lowest BCUT2D eigenvalue weighted by atomic mass is 9.89. The molecule has 0 spiro atoms. The van der Waals surface area contributed by atoms with Crippen molar-refractivity contribution in [1.29, 1.82) is 0 Å². The lowest BCUT2D eigenvalue weighted by Gasteiger charge is -2.33. The molecule has 1 aliphatic heterocycles. The van der Waals surface area contributed by atoms with E-state index in [0.717, 1.165) is 35.3 Å². The van der Waals surface area contributed by atoms with Gasteiger partial charge in [0, 0.05) is 42.3 Å². The van der Waals surface area contributed by atoms with E-state index in [1.807, 2.05) is 57.4 Å². The molecule has 4 heterocycles. The third-order valence-electron chi connectivity index (χ3n) is 7.13. The second kappa shape index (κ2) is 10.7. The normalized spacial score (nSPS) is 14.4. The van der Waals surface area contributed by atoms with Crippen LogP contribution in [0.1, 0.15) is 45.1 Å². The number of pyridine rings is 1. The van der Waals surface area contributed by atoms with Gasteiger partial charge in [-0.2, -0.15) is 10.1 Å². The van der Waals surface area contributed by atoms with Gasteiger partial charge < -0.3 is 15.0 Å². The van der Waals surface area contributed by atoms with E-state index in [2.05, 4.69) is 27.6 Å². The molecule has 5 aromatic rings. The largest absolute Gasteiger partial charge is 0.444 e. The summed E-state index contributed by atoms with van der Waals surface area (Å²) in [6, 6.07) is 18.4. The number of carbonyl (C=O) groups excluding carboxylic acids is 1. The Morgan fingerprint density at radius 1 is 1.02 bits per heavy atom. The summed E-state index contributed by atoms with van der Waals surface area (Å²) in [5.41, 5.74) is 4.88. The van der Waals surface area contributed by atoms with Gasteiger partial charge in [0.1, 0.15) is 11.4 Å². The second-order valence-corrected chi connectivity index (χ2v) is 11.3. The molecule has 9 nitrogen and oxygen atoms in total. The van der Waals surface area contributed by atoms with Crippen molar-refractivity contribution in [3.05, 3.63) is 90.6 Å². The fourth-order valence-electron chi connectivity index (χ4n) is 5.07. The molecule has 2 aromatic carbocycles. The van der Waals surface area contributed by atoms with Gasteiger partial charge in [-0.05, 0) is 93.6 Å². The molecule has 10 heteroatoms. The van der Waals surface area contributed by atoms with Crippen molar-refractivity contribution in [3.8, 4) is 16.8 Å². The average Bonchev–Trinajstić information content (AvgIpc) is 3.60. The molecule has 0 radical (unpaired) electrons. The molecule has 210 valence electrons. The predicted molar refractivity (Wildman–Crippen MR) is 155 cm³/mol. The number of nitrogens with one attached hydrogen (secondary N) is 1. The Morgan fingerprint density at radius 3 is 2.46 bits per heavy atom. The molecular formula is C31H32FN7O2. The number of ether oxygens (including phenoxy) is 1. The molecule has 0 unspecified atom stereocenters. The lowest BCUT2D eigenvalue weighted by molar-refractivity contribution is 0.0205. The van der Waals surface area contributed by atoms with Crippen molar-refractivity contribution in [3.63, 3.8) is 0 Å². The minimum absolute atomic E-state index is 0.236. The zero-order valence-corrected chi connectivity index (χ0v) is 23.3. The Balaban J connectivity index is 1.13. The van der Waals surface area contributed by atoms with E-state index in [4.69, 9.17) is 9.72 Å². The fourth-order valence-corrected chi connectivity index (χ4v) is 5.07. The first-order valence-corrected chi connectivity index (χ1v) is 13.7. The first-order chi connectivity index (χ1) is 19.7. The van der Waals surface area contributed by atoms with Gasteiger partial charge in [0.2, 0.25) is 5.95 Å². The number of anilines is 2. The highest BCUT2D eigenvalue weighted by Gasteiger charge is 2.27. The molecular weight excluding hydrogens is 521 g/mol. The number of nitrogens with zero attached hydrogens (tertiary/aromatic N) is 6. The topological polar surface area (TPSA) is 89.6 Å². The summed E-state index contributed by atoms with van der Waals surface area (Å²) in [4.78, 5) is 18.9. The third-order valence-corrected chi connectivity index (χ3v) is 7.13. The van der Waals surface area contributed by atoms with Crippen molar-refractivity contribution < 1.29 is 13.9 Å². The van der Waals surface area contributed by atoms with Gasteiger partial charge in [0.25, 0.3) is 0 Å². The minimum Gasteiger partial charge on any atom is -0.444 e. The van der Waals surface area contributed by atoms with Gasteiger partial charge in [0.15, 0.2) is 5.65 Å². The van der Waals surface area contributed by atoms with Crippen LogP contribution in [0.25, 0.3) is 22.5 Å². The minimum atomic E-state index is -0.484. The summed E-state index contributed by atoms with van der Waals surface area (Å²) in [5, 5.41) is 12.4. The molecule has 41 heavy (non-hydrogen) atoms. The molecule has 3 aromatic heterocycles. The highest BCUT2D eigenvalue weighted by atomic mass is 19.1. The predicted octanol–water partition coefficient (Wildman–Crippen LogP) is 6.58. The third kappa shape index (κ3) is 5.91. The standard InChI is InChI=1S/C31H32FN7O2/c1-31(2,3)41-30(40)37-17-14-22(15-18-37)21-6-10-25(11-7-21)34-29-35-28-27(5-4-16-38(28)36-29)23-19-33-39(20-23)26-12-8-24(32)9-13-26/h4-13,16,19-20,22H,14-15,17-18H2,1-3H3,(H,34,36). The van der Waals surface area contributed by atoms with E-state index in [1.165, 1.54) is 17.7 Å². The lowest BCUT2D eigenvalue weighted by Crippen LogP contribution is -2.41. The Hall–Kier alpha value is -4.73. The van der Waals surface area contributed by atoms with E-state index < -0.39 is 5.60 Å². The molecule has 1 aliphatic rings. The van der Waals surface area contributed by atoms with Crippen LogP contribution in [0.3, 0.4) is 0 Å².